The van der Waals surface area contributed by atoms with Crippen LogP contribution in [0.15, 0.2) is 76.4 Å². The number of halogens is 3. The number of hydrogen-bond acceptors (Lipinski definition) is 6. The van der Waals surface area contributed by atoms with Crippen LogP contribution in [0.5, 0.6) is 0 Å². The number of nitrogens with one attached hydrogen (secondary N) is 1. The monoisotopic (exact) mass is 557 g/mol. The Balaban J connectivity index is 1.60. The third-order valence-electron chi connectivity index (χ3n) is 5.68. The molecular weight excluding hydrogens is 539 g/mol. The summed E-state index contributed by atoms with van der Waals surface area (Å²) < 4.78 is 66.4. The predicted octanol–water partition coefficient (Wildman–Crippen LogP) is 3.77. The first-order valence-corrected chi connectivity index (χ1v) is 12.5. The first kappa shape index (κ1) is 27.3. The average molecular weight is 558 g/mol. The van der Waals surface area contributed by atoms with E-state index in [0.29, 0.717) is 5.69 Å². The van der Waals surface area contributed by atoms with E-state index >= 15 is 0 Å². The highest BCUT2D eigenvalue weighted by atomic mass is 32.3. The SMILES string of the molecule is Cc1cc(=O)c(C(=O)NCc2c(F)cc(-c3cccc(S(=O)(=O)F)c3)cc2F)nn1-c1cccc(C(=O)O)c1. The lowest BCUT2D eigenvalue weighted by Crippen LogP contribution is -2.32. The van der Waals surface area contributed by atoms with Gasteiger partial charge in [-0.1, -0.05) is 18.2 Å². The Morgan fingerprint density at radius 2 is 1.64 bits per heavy atom. The summed E-state index contributed by atoms with van der Waals surface area (Å²) in [6.07, 6.45) is 0. The molecule has 0 bridgehead atoms. The molecule has 0 unspecified atom stereocenters. The fourth-order valence-corrected chi connectivity index (χ4v) is 4.26. The van der Waals surface area contributed by atoms with Gasteiger partial charge in [-0.25, -0.2) is 18.3 Å². The number of aryl methyl sites for hydroxylation is 1. The van der Waals surface area contributed by atoms with Crippen LogP contribution >= 0.6 is 0 Å². The summed E-state index contributed by atoms with van der Waals surface area (Å²) in [5.74, 6) is -4.40. The molecule has 0 aliphatic carbocycles. The highest BCUT2D eigenvalue weighted by Gasteiger charge is 2.19. The molecule has 1 heterocycles. The third-order valence-corrected chi connectivity index (χ3v) is 6.49. The quantitative estimate of drug-likeness (QED) is 0.330. The van der Waals surface area contributed by atoms with Crippen molar-refractivity contribution in [1.29, 1.82) is 0 Å². The van der Waals surface area contributed by atoms with Gasteiger partial charge >= 0.3 is 16.2 Å². The van der Waals surface area contributed by atoms with Gasteiger partial charge in [0.05, 0.1) is 16.1 Å². The molecule has 0 saturated carbocycles. The fraction of sp³-hybridized carbons (Fsp3) is 0.0769. The normalized spacial score (nSPS) is 11.3. The standard InChI is InChI=1S/C26H18F3N3O6S/c1-14-8-23(33)24(31-32(14)18-6-2-5-16(9-18)26(35)36)25(34)30-13-20-21(27)11-17(12-22(20)28)15-4-3-7-19(10-15)39(29,37)38/h2-12H,13H2,1H3,(H,30,34)(H,35,36). The average Bonchev–Trinajstić information content (AvgIpc) is 2.87. The van der Waals surface area contributed by atoms with Crippen LogP contribution in [0.2, 0.25) is 0 Å². The Morgan fingerprint density at radius 1 is 0.974 bits per heavy atom. The van der Waals surface area contributed by atoms with Crippen molar-refractivity contribution in [3.05, 3.63) is 111 Å². The maximum atomic E-state index is 14.8. The first-order chi connectivity index (χ1) is 18.3. The summed E-state index contributed by atoms with van der Waals surface area (Å²) in [6, 6.07) is 13.0. The van der Waals surface area contributed by atoms with Gasteiger partial charge in [0.15, 0.2) is 5.69 Å². The van der Waals surface area contributed by atoms with Crippen LogP contribution in [0, 0.1) is 18.6 Å². The van der Waals surface area contributed by atoms with Crippen molar-refractivity contribution in [2.45, 2.75) is 18.4 Å². The smallest absolute Gasteiger partial charge is 0.335 e. The first-order valence-electron chi connectivity index (χ1n) is 11.1. The lowest BCUT2D eigenvalue weighted by Gasteiger charge is -2.13. The van der Waals surface area contributed by atoms with Gasteiger partial charge in [0.25, 0.3) is 5.91 Å². The van der Waals surface area contributed by atoms with Crippen LogP contribution in [-0.2, 0) is 16.8 Å². The second-order valence-corrected chi connectivity index (χ2v) is 9.68. The Morgan fingerprint density at radius 3 is 2.28 bits per heavy atom. The van der Waals surface area contributed by atoms with E-state index < -0.39 is 61.9 Å². The molecule has 0 aliphatic heterocycles. The predicted molar refractivity (Wildman–Crippen MR) is 133 cm³/mol. The molecule has 4 rings (SSSR count). The third kappa shape index (κ3) is 5.88. The molecule has 0 fully saturated rings. The molecule has 1 aromatic heterocycles. The Hall–Kier alpha value is -4.78. The van der Waals surface area contributed by atoms with E-state index in [4.69, 9.17) is 0 Å². The van der Waals surface area contributed by atoms with Crippen LogP contribution in [0.1, 0.15) is 32.1 Å². The molecule has 9 nitrogen and oxygen atoms in total. The minimum Gasteiger partial charge on any atom is -0.478 e. The molecule has 13 heteroatoms. The van der Waals surface area contributed by atoms with Gasteiger partial charge in [-0.2, -0.15) is 13.5 Å². The molecule has 1 amide bonds. The number of hydrogen-bond donors (Lipinski definition) is 2. The Labute approximate surface area is 219 Å². The van der Waals surface area contributed by atoms with Crippen molar-refractivity contribution in [2.24, 2.45) is 0 Å². The van der Waals surface area contributed by atoms with Crippen LogP contribution in [0.25, 0.3) is 16.8 Å². The topological polar surface area (TPSA) is 135 Å². The summed E-state index contributed by atoms with van der Waals surface area (Å²) in [7, 11) is -5.03. The molecular formula is C26H18F3N3O6S. The minimum atomic E-state index is -5.03. The van der Waals surface area contributed by atoms with Gasteiger partial charge in [0.1, 0.15) is 11.6 Å². The van der Waals surface area contributed by atoms with E-state index in [1.807, 2.05) is 0 Å². The second kappa shape index (κ2) is 10.5. The maximum Gasteiger partial charge on any atom is 0.335 e. The molecule has 0 spiro atoms. The molecule has 3 aromatic carbocycles. The number of benzene rings is 3. The van der Waals surface area contributed by atoms with Gasteiger partial charge < -0.3 is 10.4 Å². The van der Waals surface area contributed by atoms with Crippen LogP contribution in [-0.4, -0.2) is 35.2 Å². The number of aromatic nitrogens is 2. The van der Waals surface area contributed by atoms with Gasteiger partial charge in [-0.3, -0.25) is 9.59 Å². The zero-order valence-corrected chi connectivity index (χ0v) is 20.8. The van der Waals surface area contributed by atoms with Crippen molar-refractivity contribution in [3.8, 4) is 16.8 Å². The number of carbonyl (C=O) groups excluding carboxylic acids is 1. The number of amides is 1. The lowest BCUT2D eigenvalue weighted by atomic mass is 10.0. The Bertz CT molecular complexity index is 1780. The van der Waals surface area contributed by atoms with Crippen molar-refractivity contribution in [1.82, 2.24) is 15.1 Å². The Kier molecular flexibility index (Phi) is 7.36. The summed E-state index contributed by atoms with van der Waals surface area (Å²) in [4.78, 5) is 35.8. The van der Waals surface area contributed by atoms with Gasteiger partial charge in [-0.05, 0) is 60.5 Å². The summed E-state index contributed by atoms with van der Waals surface area (Å²) in [6.45, 7) is 0.855. The summed E-state index contributed by atoms with van der Waals surface area (Å²) in [5, 5.41) is 15.5. The van der Waals surface area contributed by atoms with E-state index in [1.165, 1.54) is 48.0 Å². The number of carboxylic acids is 1. The van der Waals surface area contributed by atoms with Crippen molar-refractivity contribution < 1.29 is 35.8 Å². The number of nitrogens with zero attached hydrogens (tertiary/aromatic N) is 2. The largest absolute Gasteiger partial charge is 0.478 e. The highest BCUT2D eigenvalue weighted by Crippen LogP contribution is 2.27. The van der Waals surface area contributed by atoms with Crippen molar-refractivity contribution >= 4 is 22.1 Å². The molecule has 200 valence electrons. The molecule has 0 saturated heterocycles. The summed E-state index contributed by atoms with van der Waals surface area (Å²) in [5.41, 5.74) is -1.43. The van der Waals surface area contributed by atoms with Crippen LogP contribution in [0.3, 0.4) is 0 Å². The second-order valence-electron chi connectivity index (χ2n) is 8.33. The maximum absolute atomic E-state index is 14.8. The van der Waals surface area contributed by atoms with E-state index in [1.54, 1.807) is 0 Å². The zero-order chi connectivity index (χ0) is 28.5. The molecule has 4 aromatic rings. The van der Waals surface area contributed by atoms with E-state index in [-0.39, 0.29) is 22.4 Å². The summed E-state index contributed by atoms with van der Waals surface area (Å²) >= 11 is 0. The number of aromatic carboxylic acids is 1. The molecule has 0 aliphatic rings. The highest BCUT2D eigenvalue weighted by molar-refractivity contribution is 7.86. The van der Waals surface area contributed by atoms with Crippen LogP contribution in [0.4, 0.5) is 12.7 Å². The van der Waals surface area contributed by atoms with Crippen molar-refractivity contribution in [3.63, 3.8) is 0 Å². The van der Waals surface area contributed by atoms with Crippen LogP contribution < -0.4 is 10.7 Å². The fourth-order valence-electron chi connectivity index (χ4n) is 3.76. The molecule has 0 radical (unpaired) electrons. The number of rotatable bonds is 7. The van der Waals surface area contributed by atoms with Gasteiger partial charge in [0, 0.05) is 23.9 Å². The molecule has 39 heavy (non-hydrogen) atoms. The van der Waals surface area contributed by atoms with Gasteiger partial charge in [-0.15, -0.1) is 3.89 Å². The molecule has 0 atom stereocenters. The minimum absolute atomic E-state index is 0.0403. The number of carbonyl (C=O) groups is 2. The zero-order valence-electron chi connectivity index (χ0n) is 20.0. The van der Waals surface area contributed by atoms with E-state index in [9.17, 15) is 40.6 Å². The van der Waals surface area contributed by atoms with E-state index in [2.05, 4.69) is 10.4 Å². The lowest BCUT2D eigenvalue weighted by molar-refractivity contribution is 0.0696. The van der Waals surface area contributed by atoms with E-state index in [0.717, 1.165) is 30.3 Å². The van der Waals surface area contributed by atoms with Crippen molar-refractivity contribution in [2.75, 3.05) is 0 Å². The van der Waals surface area contributed by atoms with Gasteiger partial charge in [0.2, 0.25) is 5.43 Å². The molecule has 2 N–H and O–H groups in total. The number of carboxylic acid groups (broad SMARTS) is 1.